The maximum Gasteiger partial charge on any atom is 0.228 e. The summed E-state index contributed by atoms with van der Waals surface area (Å²) in [6.45, 7) is 7.47. The van der Waals surface area contributed by atoms with E-state index in [1.807, 2.05) is 6.92 Å². The smallest absolute Gasteiger partial charge is 0.228 e. The van der Waals surface area contributed by atoms with Crippen LogP contribution in [0.25, 0.3) is 0 Å². The minimum absolute atomic E-state index is 0.468. The molecule has 0 spiro atoms. The van der Waals surface area contributed by atoms with Crippen LogP contribution >= 0.6 is 0 Å². The Bertz CT molecular complexity index is 286. The van der Waals surface area contributed by atoms with Gasteiger partial charge in [-0.1, -0.05) is 32.3 Å². The molecule has 4 nitrogen and oxygen atoms in total. The fourth-order valence-corrected chi connectivity index (χ4v) is 1.70. The number of aromatic nitrogens is 2. The Kier molecular flexibility index (Phi) is 6.08. The van der Waals surface area contributed by atoms with E-state index in [1.165, 1.54) is 6.42 Å². The molecule has 0 aromatic carbocycles. The third-order valence-corrected chi connectivity index (χ3v) is 2.57. The second-order valence-electron chi connectivity index (χ2n) is 4.10. The van der Waals surface area contributed by atoms with Gasteiger partial charge in [0.2, 0.25) is 5.89 Å². The molecule has 0 saturated heterocycles. The van der Waals surface area contributed by atoms with Crippen molar-refractivity contribution in [1.29, 1.82) is 0 Å². The fourth-order valence-electron chi connectivity index (χ4n) is 1.70. The van der Waals surface area contributed by atoms with Crippen molar-refractivity contribution in [3.8, 4) is 0 Å². The highest BCUT2D eigenvalue weighted by Gasteiger charge is 2.12. The van der Waals surface area contributed by atoms with Gasteiger partial charge in [-0.3, -0.25) is 0 Å². The lowest BCUT2D eigenvalue weighted by Crippen LogP contribution is -2.31. The molecule has 1 atom stereocenters. The van der Waals surface area contributed by atoms with Gasteiger partial charge >= 0.3 is 0 Å². The van der Waals surface area contributed by atoms with Crippen molar-refractivity contribution in [2.75, 3.05) is 6.54 Å². The van der Waals surface area contributed by atoms with Gasteiger partial charge in [0.1, 0.15) is 0 Å². The first-order chi connectivity index (χ1) is 7.80. The number of hydrogen-bond donors (Lipinski definition) is 1. The van der Waals surface area contributed by atoms with Gasteiger partial charge < -0.3 is 9.84 Å². The van der Waals surface area contributed by atoms with Crippen LogP contribution in [0.5, 0.6) is 0 Å². The lowest BCUT2D eigenvalue weighted by atomic mass is 10.1. The molecule has 16 heavy (non-hydrogen) atoms. The van der Waals surface area contributed by atoms with Crippen molar-refractivity contribution in [2.45, 2.75) is 58.9 Å². The predicted molar refractivity (Wildman–Crippen MR) is 64.4 cm³/mol. The summed E-state index contributed by atoms with van der Waals surface area (Å²) in [5.74, 6) is 1.57. The van der Waals surface area contributed by atoms with Crippen LogP contribution in [0.3, 0.4) is 0 Å². The molecule has 1 rings (SSSR count). The summed E-state index contributed by atoms with van der Waals surface area (Å²) in [5, 5.41) is 7.43. The van der Waals surface area contributed by atoms with Gasteiger partial charge in [-0.15, -0.1) is 0 Å². The average molecular weight is 225 g/mol. The van der Waals surface area contributed by atoms with Gasteiger partial charge in [0, 0.05) is 18.9 Å². The Morgan fingerprint density at radius 3 is 2.62 bits per heavy atom. The number of hydrogen-bond acceptors (Lipinski definition) is 4. The zero-order chi connectivity index (χ0) is 11.8. The molecule has 1 unspecified atom stereocenters. The first-order valence-electron chi connectivity index (χ1n) is 6.34. The summed E-state index contributed by atoms with van der Waals surface area (Å²) in [6, 6.07) is 0.468. The van der Waals surface area contributed by atoms with Gasteiger partial charge in [0.15, 0.2) is 5.82 Å². The number of aryl methyl sites for hydroxylation is 1. The summed E-state index contributed by atoms with van der Waals surface area (Å²) in [5.41, 5.74) is 0. The van der Waals surface area contributed by atoms with E-state index >= 15 is 0 Å². The highest BCUT2D eigenvalue weighted by atomic mass is 16.5. The largest absolute Gasteiger partial charge is 0.339 e. The monoisotopic (exact) mass is 225 g/mol. The van der Waals surface area contributed by atoms with Gasteiger partial charge in [-0.05, 0) is 19.4 Å². The van der Waals surface area contributed by atoms with Crippen LogP contribution in [0.15, 0.2) is 4.52 Å². The number of rotatable bonds is 8. The molecule has 0 aliphatic carbocycles. The predicted octanol–water partition coefficient (Wildman–Crippen LogP) is 2.34. The zero-order valence-corrected chi connectivity index (χ0v) is 10.6. The summed E-state index contributed by atoms with van der Waals surface area (Å²) in [4.78, 5) is 4.34. The minimum Gasteiger partial charge on any atom is -0.339 e. The second-order valence-corrected chi connectivity index (χ2v) is 4.10. The topological polar surface area (TPSA) is 51.0 Å². The molecule has 1 aromatic rings. The molecule has 0 aliphatic heterocycles. The van der Waals surface area contributed by atoms with Crippen molar-refractivity contribution in [3.63, 3.8) is 0 Å². The third kappa shape index (κ3) is 4.31. The summed E-state index contributed by atoms with van der Waals surface area (Å²) < 4.78 is 5.21. The zero-order valence-electron chi connectivity index (χ0n) is 10.6. The highest BCUT2D eigenvalue weighted by Crippen LogP contribution is 2.06. The molecular formula is C12H23N3O. The lowest BCUT2D eigenvalue weighted by molar-refractivity contribution is 0.347. The molecule has 0 amide bonds. The van der Waals surface area contributed by atoms with Gasteiger partial charge in [0.05, 0.1) is 0 Å². The van der Waals surface area contributed by atoms with E-state index in [2.05, 4.69) is 29.3 Å². The Morgan fingerprint density at radius 1 is 1.25 bits per heavy atom. The van der Waals surface area contributed by atoms with Gasteiger partial charge in [-0.25, -0.2) is 0 Å². The average Bonchev–Trinajstić information content (AvgIpc) is 2.74. The molecule has 92 valence electrons. The number of nitrogens with one attached hydrogen (secondary N) is 1. The van der Waals surface area contributed by atoms with E-state index in [0.717, 1.165) is 43.9 Å². The first-order valence-corrected chi connectivity index (χ1v) is 6.34. The third-order valence-electron chi connectivity index (χ3n) is 2.57. The van der Waals surface area contributed by atoms with Crippen LogP contribution in [0, 0.1) is 0 Å². The summed E-state index contributed by atoms with van der Waals surface area (Å²) >= 11 is 0. The quantitative estimate of drug-likeness (QED) is 0.738. The molecule has 1 heterocycles. The Labute approximate surface area is 97.8 Å². The van der Waals surface area contributed by atoms with E-state index < -0.39 is 0 Å². The Morgan fingerprint density at radius 2 is 2.06 bits per heavy atom. The maximum atomic E-state index is 5.21. The fraction of sp³-hybridized carbons (Fsp3) is 0.833. The van der Waals surface area contributed by atoms with Crippen molar-refractivity contribution in [1.82, 2.24) is 15.5 Å². The van der Waals surface area contributed by atoms with Crippen molar-refractivity contribution < 1.29 is 4.52 Å². The van der Waals surface area contributed by atoms with Crippen LogP contribution in [-0.4, -0.2) is 22.7 Å². The summed E-state index contributed by atoms with van der Waals surface area (Å²) in [7, 11) is 0. The highest BCUT2D eigenvalue weighted by molar-refractivity contribution is 4.89. The number of nitrogens with zero attached hydrogens (tertiary/aromatic N) is 2. The van der Waals surface area contributed by atoms with E-state index in [1.54, 1.807) is 0 Å². The molecular weight excluding hydrogens is 202 g/mol. The molecule has 1 aromatic heterocycles. The molecule has 1 N–H and O–H groups in total. The molecule has 0 saturated carbocycles. The van der Waals surface area contributed by atoms with Crippen molar-refractivity contribution in [3.05, 3.63) is 11.7 Å². The molecule has 0 aliphatic rings. The van der Waals surface area contributed by atoms with E-state index in [4.69, 9.17) is 4.52 Å². The van der Waals surface area contributed by atoms with Crippen LogP contribution in [-0.2, 0) is 12.8 Å². The van der Waals surface area contributed by atoms with Crippen LogP contribution in [0.2, 0.25) is 0 Å². The van der Waals surface area contributed by atoms with Gasteiger partial charge in [-0.2, -0.15) is 4.98 Å². The second kappa shape index (κ2) is 7.39. The van der Waals surface area contributed by atoms with E-state index in [-0.39, 0.29) is 0 Å². The molecule has 0 radical (unpaired) electrons. The van der Waals surface area contributed by atoms with Gasteiger partial charge in [0.25, 0.3) is 0 Å². The molecule has 4 heteroatoms. The van der Waals surface area contributed by atoms with Crippen LogP contribution in [0.1, 0.15) is 51.7 Å². The Balaban J connectivity index is 2.46. The van der Waals surface area contributed by atoms with Crippen LogP contribution < -0.4 is 5.32 Å². The molecule has 0 bridgehead atoms. The minimum atomic E-state index is 0.468. The van der Waals surface area contributed by atoms with E-state index in [9.17, 15) is 0 Å². The van der Waals surface area contributed by atoms with Crippen LogP contribution in [0.4, 0.5) is 0 Å². The molecule has 0 fully saturated rings. The SMILES string of the molecule is CCCNC(CCC)Cc1nc(CC)no1. The van der Waals surface area contributed by atoms with Crippen molar-refractivity contribution in [2.24, 2.45) is 0 Å². The standard InChI is InChI=1S/C12H23N3O/c1-4-7-10(13-8-5-2)9-12-14-11(6-3)15-16-12/h10,13H,4-9H2,1-3H3. The lowest BCUT2D eigenvalue weighted by Gasteiger charge is -2.15. The normalized spacial score (nSPS) is 12.9. The van der Waals surface area contributed by atoms with Crippen molar-refractivity contribution >= 4 is 0 Å². The Hall–Kier alpha value is -0.900. The van der Waals surface area contributed by atoms with E-state index in [0.29, 0.717) is 6.04 Å². The maximum absolute atomic E-state index is 5.21. The summed E-state index contributed by atoms with van der Waals surface area (Å²) in [6.07, 6.45) is 5.18. The first kappa shape index (κ1) is 13.2.